The molecule has 0 saturated heterocycles. The number of pyridine rings is 1. The van der Waals surface area contributed by atoms with Gasteiger partial charge >= 0.3 is 6.18 Å². The fourth-order valence-corrected chi connectivity index (χ4v) is 4.15. The lowest BCUT2D eigenvalue weighted by Gasteiger charge is -2.33. The van der Waals surface area contributed by atoms with Crippen molar-refractivity contribution in [1.82, 2.24) is 29.5 Å². The molecule has 0 aliphatic carbocycles. The topological polar surface area (TPSA) is 113 Å². The van der Waals surface area contributed by atoms with Crippen LogP contribution >= 0.6 is 0 Å². The van der Waals surface area contributed by atoms with Crippen LogP contribution in [0.2, 0.25) is 0 Å². The number of alkyl halides is 3. The van der Waals surface area contributed by atoms with Crippen LogP contribution in [0.15, 0.2) is 35.0 Å². The molecule has 1 atom stereocenters. The van der Waals surface area contributed by atoms with Crippen LogP contribution in [-0.4, -0.2) is 47.0 Å². The number of aliphatic hydroxyl groups is 1. The molecule has 2 N–H and O–H groups in total. The lowest BCUT2D eigenvalue weighted by molar-refractivity contribution is -0.141. The smallest absolute Gasteiger partial charge is 0.432 e. The number of halogens is 3. The molecule has 0 saturated carbocycles. The number of aromatic nitrogens is 5. The fourth-order valence-electron chi connectivity index (χ4n) is 4.15. The quantitative estimate of drug-likeness (QED) is 0.471. The molecule has 4 aromatic rings. The highest BCUT2D eigenvalue weighted by Crippen LogP contribution is 2.38. The molecule has 178 valence electrons. The normalized spacial score (nSPS) is 16.8. The first kappa shape index (κ1) is 22.1. The molecule has 0 radical (unpaired) electrons. The molecule has 5 rings (SSSR count). The summed E-state index contributed by atoms with van der Waals surface area (Å²) in [6.45, 7) is 4.43. The van der Waals surface area contributed by atoms with E-state index in [9.17, 15) is 23.1 Å². The van der Waals surface area contributed by atoms with Gasteiger partial charge in [0.15, 0.2) is 5.69 Å². The molecule has 1 aliphatic heterocycles. The highest BCUT2D eigenvalue weighted by molar-refractivity contribution is 5.93. The number of carbonyl (C=O) groups excluding carboxylic acids is 1. The predicted octanol–water partition coefficient (Wildman–Crippen LogP) is 3.39. The number of aryl methyl sites for hydroxylation is 1. The van der Waals surface area contributed by atoms with Gasteiger partial charge < -0.3 is 19.4 Å². The van der Waals surface area contributed by atoms with Gasteiger partial charge in [0.25, 0.3) is 5.91 Å². The SMILES string of the molecule is Cc1cccc2cc([C@H]3c4nc[nH]c4CCN3C(=O)c3oc(C(C)(C)O)nc3C(F)(F)F)nn12. The van der Waals surface area contributed by atoms with Gasteiger partial charge in [0.2, 0.25) is 11.7 Å². The summed E-state index contributed by atoms with van der Waals surface area (Å²) in [7, 11) is 0. The van der Waals surface area contributed by atoms with Crippen LogP contribution < -0.4 is 0 Å². The average molecular weight is 474 g/mol. The summed E-state index contributed by atoms with van der Waals surface area (Å²) in [5, 5.41) is 14.8. The molecule has 0 spiro atoms. The van der Waals surface area contributed by atoms with Gasteiger partial charge in [-0.3, -0.25) is 4.79 Å². The van der Waals surface area contributed by atoms with E-state index in [1.165, 1.54) is 25.1 Å². The molecule has 0 bridgehead atoms. The second kappa shape index (κ2) is 7.42. The molecule has 9 nitrogen and oxygen atoms in total. The van der Waals surface area contributed by atoms with Gasteiger partial charge in [-0.05, 0) is 39.0 Å². The summed E-state index contributed by atoms with van der Waals surface area (Å²) < 4.78 is 48.2. The van der Waals surface area contributed by atoms with Gasteiger partial charge in [-0.25, -0.2) is 14.5 Å². The maximum atomic E-state index is 13.8. The van der Waals surface area contributed by atoms with Crippen LogP contribution in [0.25, 0.3) is 5.52 Å². The average Bonchev–Trinajstić information content (AvgIpc) is 3.48. The summed E-state index contributed by atoms with van der Waals surface area (Å²) in [6.07, 6.45) is -3.12. The van der Waals surface area contributed by atoms with E-state index < -0.39 is 41.1 Å². The first-order valence-electron chi connectivity index (χ1n) is 10.5. The van der Waals surface area contributed by atoms with Gasteiger partial charge in [-0.1, -0.05) is 6.07 Å². The Kier molecular flexibility index (Phi) is 4.83. The molecule has 0 unspecified atom stereocenters. The molecular weight excluding hydrogens is 453 g/mol. The highest BCUT2D eigenvalue weighted by atomic mass is 19.4. The number of amides is 1. The Balaban J connectivity index is 1.65. The number of nitrogens with one attached hydrogen (secondary N) is 1. The van der Waals surface area contributed by atoms with Gasteiger partial charge in [-0.15, -0.1) is 0 Å². The van der Waals surface area contributed by atoms with E-state index in [1.807, 2.05) is 25.1 Å². The first-order chi connectivity index (χ1) is 15.9. The number of carbonyl (C=O) groups is 1. The standard InChI is InChI=1S/C22H21F3N6O3/c1-11-5-4-6-12-9-14(29-31(11)12)16-15-13(26-10-27-15)7-8-30(16)19(32)17-18(22(23,24)25)28-20(34-17)21(2,3)33/h4-6,9-10,16,33H,7-8H2,1-3H3,(H,26,27)/t16-/m0/s1. The van der Waals surface area contributed by atoms with Gasteiger partial charge in [0, 0.05) is 24.4 Å². The van der Waals surface area contributed by atoms with Gasteiger partial charge in [0.1, 0.15) is 11.6 Å². The lowest BCUT2D eigenvalue weighted by atomic mass is 9.99. The van der Waals surface area contributed by atoms with Crippen molar-refractivity contribution >= 4 is 11.4 Å². The van der Waals surface area contributed by atoms with Crippen LogP contribution in [0.1, 0.15) is 64.8 Å². The number of oxazole rings is 1. The Morgan fingerprint density at radius 1 is 1.29 bits per heavy atom. The molecular formula is C22H21F3N6O3. The highest BCUT2D eigenvalue weighted by Gasteiger charge is 2.46. The maximum absolute atomic E-state index is 13.8. The van der Waals surface area contributed by atoms with Crippen molar-refractivity contribution in [1.29, 1.82) is 0 Å². The molecule has 0 aromatic carbocycles. The molecule has 12 heteroatoms. The van der Waals surface area contributed by atoms with E-state index >= 15 is 0 Å². The Morgan fingerprint density at radius 2 is 2.06 bits per heavy atom. The molecule has 1 amide bonds. The van der Waals surface area contributed by atoms with E-state index in [4.69, 9.17) is 4.42 Å². The Labute approximate surface area is 191 Å². The van der Waals surface area contributed by atoms with Crippen LogP contribution in [-0.2, 0) is 18.2 Å². The number of hydrogen-bond acceptors (Lipinski definition) is 6. The van der Waals surface area contributed by atoms with Crippen LogP contribution in [0.5, 0.6) is 0 Å². The second-order valence-corrected chi connectivity index (χ2v) is 8.74. The molecule has 34 heavy (non-hydrogen) atoms. The Hall–Kier alpha value is -3.67. The minimum absolute atomic E-state index is 0.0986. The van der Waals surface area contributed by atoms with Crippen molar-refractivity contribution in [2.24, 2.45) is 0 Å². The zero-order chi connectivity index (χ0) is 24.4. The minimum atomic E-state index is -4.96. The molecule has 5 heterocycles. The van der Waals surface area contributed by atoms with Crippen molar-refractivity contribution < 1.29 is 27.5 Å². The van der Waals surface area contributed by atoms with E-state index in [-0.39, 0.29) is 6.54 Å². The van der Waals surface area contributed by atoms with E-state index in [0.717, 1.165) is 16.9 Å². The van der Waals surface area contributed by atoms with Crippen LogP contribution in [0, 0.1) is 6.92 Å². The van der Waals surface area contributed by atoms with Gasteiger partial charge in [-0.2, -0.15) is 18.3 Å². The van der Waals surface area contributed by atoms with Crippen LogP contribution in [0.3, 0.4) is 0 Å². The number of aromatic amines is 1. The Morgan fingerprint density at radius 3 is 2.74 bits per heavy atom. The summed E-state index contributed by atoms with van der Waals surface area (Å²) in [5.41, 5.74) is 0.0478. The van der Waals surface area contributed by atoms with Gasteiger partial charge in [0.05, 0.1) is 23.2 Å². The number of H-pyrrole nitrogens is 1. The Bertz CT molecular complexity index is 1400. The lowest BCUT2D eigenvalue weighted by Crippen LogP contribution is -2.41. The third-order valence-corrected chi connectivity index (χ3v) is 5.77. The van der Waals surface area contributed by atoms with Crippen molar-refractivity contribution in [3.8, 4) is 0 Å². The summed E-state index contributed by atoms with van der Waals surface area (Å²) in [6, 6.07) is 6.50. The van der Waals surface area contributed by atoms with Crippen molar-refractivity contribution in [2.45, 2.75) is 45.0 Å². The zero-order valence-corrected chi connectivity index (χ0v) is 18.5. The number of hydrogen-bond donors (Lipinski definition) is 2. The summed E-state index contributed by atoms with van der Waals surface area (Å²) >= 11 is 0. The van der Waals surface area contributed by atoms with Crippen molar-refractivity contribution in [3.63, 3.8) is 0 Å². The summed E-state index contributed by atoms with van der Waals surface area (Å²) in [5.74, 6) is -2.59. The largest absolute Gasteiger partial charge is 0.437 e. The minimum Gasteiger partial charge on any atom is -0.432 e. The third-order valence-electron chi connectivity index (χ3n) is 5.77. The predicted molar refractivity (Wildman–Crippen MR) is 112 cm³/mol. The monoisotopic (exact) mass is 474 g/mol. The third kappa shape index (κ3) is 3.54. The van der Waals surface area contributed by atoms with E-state index in [2.05, 4.69) is 20.1 Å². The van der Waals surface area contributed by atoms with Crippen molar-refractivity contribution in [2.75, 3.05) is 6.54 Å². The van der Waals surface area contributed by atoms with E-state index in [0.29, 0.717) is 17.8 Å². The molecule has 0 fully saturated rings. The first-order valence-corrected chi connectivity index (χ1v) is 10.5. The zero-order valence-electron chi connectivity index (χ0n) is 18.5. The number of imidazole rings is 1. The number of rotatable bonds is 3. The second-order valence-electron chi connectivity index (χ2n) is 8.74. The fraction of sp³-hybridized carbons (Fsp3) is 0.364. The summed E-state index contributed by atoms with van der Waals surface area (Å²) in [4.78, 5) is 25.6. The number of nitrogens with zero attached hydrogens (tertiary/aromatic N) is 5. The number of fused-ring (bicyclic) bond motifs is 2. The molecule has 1 aliphatic rings. The molecule has 4 aromatic heterocycles. The van der Waals surface area contributed by atoms with Crippen LogP contribution in [0.4, 0.5) is 13.2 Å². The van der Waals surface area contributed by atoms with Crippen molar-refractivity contribution in [3.05, 3.63) is 70.7 Å². The van der Waals surface area contributed by atoms with E-state index in [1.54, 1.807) is 10.6 Å². The maximum Gasteiger partial charge on any atom is 0.437 e.